The van der Waals surface area contributed by atoms with E-state index in [1.807, 2.05) is 26.1 Å². The summed E-state index contributed by atoms with van der Waals surface area (Å²) in [6.45, 7) is 7.12. The molecule has 1 heterocycles. The van der Waals surface area contributed by atoms with E-state index in [2.05, 4.69) is 34.7 Å². The monoisotopic (exact) mass is 360 g/mol. The summed E-state index contributed by atoms with van der Waals surface area (Å²) >= 11 is 3.38. The first-order chi connectivity index (χ1) is 9.23. The maximum absolute atomic E-state index is 12.8. The molecule has 2 atom stereocenters. The normalized spacial score (nSPS) is 25.9. The van der Waals surface area contributed by atoms with Crippen molar-refractivity contribution < 1.29 is 8.42 Å². The molecule has 6 heteroatoms. The van der Waals surface area contributed by atoms with Gasteiger partial charge in [0.1, 0.15) is 0 Å². The van der Waals surface area contributed by atoms with Crippen molar-refractivity contribution in [3.63, 3.8) is 0 Å². The minimum absolute atomic E-state index is 0.220. The molecule has 0 amide bonds. The van der Waals surface area contributed by atoms with Crippen molar-refractivity contribution in [3.05, 3.63) is 28.2 Å². The Labute approximate surface area is 129 Å². The zero-order valence-corrected chi connectivity index (χ0v) is 14.7. The summed E-state index contributed by atoms with van der Waals surface area (Å²) in [6, 6.07) is 5.80. The molecule has 0 bridgehead atoms. The lowest BCUT2D eigenvalue weighted by atomic mass is 10.1. The standard InChI is InChI=1S/C14H21BrN2O2S/c1-10-5-6-14(13(15)7-10)20(18,19)17-8-11(2)16(4)12(3)9-17/h5-7,11-12H,8-9H2,1-4H3. The van der Waals surface area contributed by atoms with Gasteiger partial charge in [-0.1, -0.05) is 6.07 Å². The van der Waals surface area contributed by atoms with Crippen LogP contribution in [0, 0.1) is 6.92 Å². The highest BCUT2D eigenvalue weighted by Gasteiger charge is 2.35. The molecule has 20 heavy (non-hydrogen) atoms. The molecular formula is C14H21BrN2O2S. The van der Waals surface area contributed by atoms with Crippen LogP contribution < -0.4 is 0 Å². The second-order valence-electron chi connectivity index (χ2n) is 5.62. The molecule has 0 N–H and O–H groups in total. The Kier molecular flexibility index (Phi) is 4.59. The average Bonchev–Trinajstić information content (AvgIpc) is 2.34. The topological polar surface area (TPSA) is 40.6 Å². The second-order valence-corrected chi connectivity index (χ2v) is 8.38. The first-order valence-electron chi connectivity index (χ1n) is 6.71. The molecule has 2 rings (SSSR count). The van der Waals surface area contributed by atoms with Crippen LogP contribution in [0.2, 0.25) is 0 Å². The van der Waals surface area contributed by atoms with Gasteiger partial charge in [-0.25, -0.2) is 8.42 Å². The fourth-order valence-electron chi connectivity index (χ4n) is 2.51. The summed E-state index contributed by atoms with van der Waals surface area (Å²) in [4.78, 5) is 2.57. The summed E-state index contributed by atoms with van der Waals surface area (Å²) in [5.41, 5.74) is 1.04. The van der Waals surface area contributed by atoms with Crippen LogP contribution in [0.25, 0.3) is 0 Å². The van der Waals surface area contributed by atoms with Crippen LogP contribution in [-0.2, 0) is 10.0 Å². The molecule has 0 aliphatic carbocycles. The van der Waals surface area contributed by atoms with E-state index in [0.717, 1.165) is 5.56 Å². The van der Waals surface area contributed by atoms with E-state index in [1.165, 1.54) is 0 Å². The third kappa shape index (κ3) is 2.93. The molecule has 1 aromatic rings. The Balaban J connectivity index is 2.35. The second kappa shape index (κ2) is 5.75. The van der Waals surface area contributed by atoms with E-state index in [4.69, 9.17) is 0 Å². The van der Waals surface area contributed by atoms with Gasteiger partial charge in [0, 0.05) is 29.6 Å². The fraction of sp³-hybridized carbons (Fsp3) is 0.571. The van der Waals surface area contributed by atoms with Gasteiger partial charge >= 0.3 is 0 Å². The summed E-state index contributed by atoms with van der Waals surface area (Å²) in [5, 5.41) is 0. The molecule has 1 fully saturated rings. The summed E-state index contributed by atoms with van der Waals surface area (Å²) in [7, 11) is -1.40. The molecule has 0 saturated carbocycles. The summed E-state index contributed by atoms with van der Waals surface area (Å²) < 4.78 is 27.8. The molecule has 2 unspecified atom stereocenters. The third-order valence-corrected chi connectivity index (χ3v) is 6.84. The Morgan fingerprint density at radius 1 is 1.20 bits per heavy atom. The number of piperazine rings is 1. The van der Waals surface area contributed by atoms with Crippen LogP contribution in [0.3, 0.4) is 0 Å². The zero-order chi connectivity index (χ0) is 15.1. The van der Waals surface area contributed by atoms with Crippen LogP contribution >= 0.6 is 15.9 Å². The molecule has 1 aromatic carbocycles. The lowest BCUT2D eigenvalue weighted by molar-refractivity contribution is 0.105. The highest BCUT2D eigenvalue weighted by atomic mass is 79.9. The van der Waals surface area contributed by atoms with Crippen molar-refractivity contribution in [1.82, 2.24) is 9.21 Å². The molecule has 0 spiro atoms. The lowest BCUT2D eigenvalue weighted by Gasteiger charge is -2.41. The van der Waals surface area contributed by atoms with Gasteiger partial charge in [0.2, 0.25) is 10.0 Å². The van der Waals surface area contributed by atoms with Crippen LogP contribution in [-0.4, -0.2) is 49.8 Å². The van der Waals surface area contributed by atoms with Gasteiger partial charge in [0.25, 0.3) is 0 Å². The molecular weight excluding hydrogens is 340 g/mol. The van der Waals surface area contributed by atoms with Gasteiger partial charge in [-0.2, -0.15) is 4.31 Å². The van der Waals surface area contributed by atoms with Crippen LogP contribution in [0.1, 0.15) is 19.4 Å². The quantitative estimate of drug-likeness (QED) is 0.813. The highest BCUT2D eigenvalue weighted by Crippen LogP contribution is 2.28. The number of sulfonamides is 1. The number of benzene rings is 1. The number of aryl methyl sites for hydroxylation is 1. The predicted molar refractivity (Wildman–Crippen MR) is 84.3 cm³/mol. The largest absolute Gasteiger partial charge is 0.298 e. The van der Waals surface area contributed by atoms with Gasteiger partial charge in [-0.3, -0.25) is 4.90 Å². The van der Waals surface area contributed by atoms with Crippen LogP contribution in [0.4, 0.5) is 0 Å². The van der Waals surface area contributed by atoms with Crippen molar-refractivity contribution in [2.75, 3.05) is 20.1 Å². The Bertz CT molecular complexity index is 591. The molecule has 0 aromatic heterocycles. The van der Waals surface area contributed by atoms with E-state index >= 15 is 0 Å². The average molecular weight is 361 g/mol. The first kappa shape index (κ1) is 15.9. The van der Waals surface area contributed by atoms with Crippen molar-refractivity contribution in [2.24, 2.45) is 0 Å². The number of nitrogens with zero attached hydrogens (tertiary/aromatic N) is 2. The maximum Gasteiger partial charge on any atom is 0.244 e. The maximum atomic E-state index is 12.8. The zero-order valence-electron chi connectivity index (χ0n) is 12.3. The molecule has 0 radical (unpaired) electrons. The highest BCUT2D eigenvalue weighted by molar-refractivity contribution is 9.10. The van der Waals surface area contributed by atoms with Gasteiger partial charge in [-0.15, -0.1) is 0 Å². The first-order valence-corrected chi connectivity index (χ1v) is 8.95. The van der Waals surface area contributed by atoms with Crippen molar-refractivity contribution in [3.8, 4) is 0 Å². The van der Waals surface area contributed by atoms with Crippen LogP contribution in [0.5, 0.6) is 0 Å². The van der Waals surface area contributed by atoms with E-state index < -0.39 is 10.0 Å². The predicted octanol–water partition coefficient (Wildman–Crippen LogP) is 2.47. The van der Waals surface area contributed by atoms with Gasteiger partial charge in [-0.05, 0) is 61.4 Å². The molecule has 1 aliphatic rings. The molecule has 1 saturated heterocycles. The van der Waals surface area contributed by atoms with Gasteiger partial charge in [0.05, 0.1) is 4.90 Å². The fourth-order valence-corrected chi connectivity index (χ4v) is 5.26. The minimum Gasteiger partial charge on any atom is -0.298 e. The Morgan fingerprint density at radius 2 is 1.75 bits per heavy atom. The molecule has 4 nitrogen and oxygen atoms in total. The number of hydrogen-bond donors (Lipinski definition) is 0. The van der Waals surface area contributed by atoms with Crippen LogP contribution in [0.15, 0.2) is 27.6 Å². The van der Waals surface area contributed by atoms with Crippen molar-refractivity contribution in [2.45, 2.75) is 37.8 Å². The molecule has 112 valence electrons. The van der Waals surface area contributed by atoms with Crippen molar-refractivity contribution in [1.29, 1.82) is 0 Å². The SMILES string of the molecule is Cc1ccc(S(=O)(=O)N2CC(C)N(C)C(C)C2)c(Br)c1. The smallest absolute Gasteiger partial charge is 0.244 e. The Morgan fingerprint density at radius 3 is 2.25 bits per heavy atom. The number of halogens is 1. The molecule has 1 aliphatic heterocycles. The minimum atomic E-state index is -3.44. The summed E-state index contributed by atoms with van der Waals surface area (Å²) in [5.74, 6) is 0. The third-order valence-electron chi connectivity index (χ3n) is 4.03. The van der Waals surface area contributed by atoms with E-state index in [0.29, 0.717) is 22.5 Å². The number of rotatable bonds is 2. The van der Waals surface area contributed by atoms with E-state index in [9.17, 15) is 8.42 Å². The van der Waals surface area contributed by atoms with Gasteiger partial charge in [0.15, 0.2) is 0 Å². The van der Waals surface area contributed by atoms with E-state index in [-0.39, 0.29) is 12.1 Å². The Hall–Kier alpha value is -0.430. The van der Waals surface area contributed by atoms with Crippen molar-refractivity contribution >= 4 is 26.0 Å². The summed E-state index contributed by atoms with van der Waals surface area (Å²) in [6.07, 6.45) is 0. The van der Waals surface area contributed by atoms with E-state index in [1.54, 1.807) is 10.4 Å². The number of hydrogen-bond acceptors (Lipinski definition) is 3. The van der Waals surface area contributed by atoms with Gasteiger partial charge < -0.3 is 0 Å². The lowest BCUT2D eigenvalue weighted by Crippen LogP contribution is -2.56. The number of likely N-dealkylation sites (N-methyl/N-ethyl adjacent to an activating group) is 1.